The number of amides is 2. The van der Waals surface area contributed by atoms with Crippen molar-refractivity contribution in [1.29, 1.82) is 0 Å². The molecule has 1 aromatic rings. The molecule has 1 aliphatic heterocycles. The van der Waals surface area contributed by atoms with Crippen LogP contribution in [0, 0.1) is 0 Å². The molecule has 96 valence electrons. The van der Waals surface area contributed by atoms with Crippen LogP contribution in [0.4, 0.5) is 0 Å². The molecule has 1 aliphatic rings. The van der Waals surface area contributed by atoms with E-state index in [9.17, 15) is 9.59 Å². The SMILES string of the molecule is C=CCN1C(=O)C(=Cc2ccncc2)C(=O)NC1=S. The standard InChI is InChI=1S/C13H11N3O2S/c1-2-7-16-12(18)10(11(17)15-13(16)19)8-9-3-5-14-6-4-9/h2-6,8H,1,7H2,(H,15,17,19). The molecule has 19 heavy (non-hydrogen) atoms. The van der Waals surface area contributed by atoms with Crippen LogP contribution in [0.5, 0.6) is 0 Å². The predicted octanol–water partition coefficient (Wildman–Crippen LogP) is 0.894. The Hall–Kier alpha value is -2.34. The summed E-state index contributed by atoms with van der Waals surface area (Å²) in [5.74, 6) is -0.919. The number of hydrogen-bond acceptors (Lipinski definition) is 4. The van der Waals surface area contributed by atoms with Crippen LogP contribution >= 0.6 is 12.2 Å². The number of carbonyl (C=O) groups excluding carboxylic acids is 2. The Morgan fingerprint density at radius 3 is 2.68 bits per heavy atom. The van der Waals surface area contributed by atoms with Crippen LogP contribution in [-0.2, 0) is 9.59 Å². The third-order valence-electron chi connectivity index (χ3n) is 2.51. The summed E-state index contributed by atoms with van der Waals surface area (Å²) >= 11 is 4.95. The predicted molar refractivity (Wildman–Crippen MR) is 74.9 cm³/mol. The zero-order valence-electron chi connectivity index (χ0n) is 10.00. The Morgan fingerprint density at radius 1 is 1.37 bits per heavy atom. The topological polar surface area (TPSA) is 62.3 Å². The van der Waals surface area contributed by atoms with Crippen LogP contribution in [0.2, 0.25) is 0 Å². The molecule has 1 fully saturated rings. The summed E-state index contributed by atoms with van der Waals surface area (Å²) in [6.07, 6.45) is 6.23. The van der Waals surface area contributed by atoms with E-state index in [0.29, 0.717) is 0 Å². The van der Waals surface area contributed by atoms with E-state index in [0.717, 1.165) is 5.56 Å². The minimum atomic E-state index is -0.493. The number of carbonyl (C=O) groups is 2. The molecular weight excluding hydrogens is 262 g/mol. The van der Waals surface area contributed by atoms with Gasteiger partial charge < -0.3 is 0 Å². The molecular formula is C13H11N3O2S. The molecule has 0 aromatic carbocycles. The van der Waals surface area contributed by atoms with Gasteiger partial charge in [0.2, 0.25) is 0 Å². The zero-order valence-corrected chi connectivity index (χ0v) is 10.8. The molecule has 0 aliphatic carbocycles. The number of nitrogens with one attached hydrogen (secondary N) is 1. The number of rotatable bonds is 3. The Morgan fingerprint density at radius 2 is 2.05 bits per heavy atom. The van der Waals surface area contributed by atoms with Gasteiger partial charge in [-0.25, -0.2) is 0 Å². The molecule has 0 spiro atoms. The van der Waals surface area contributed by atoms with Crippen LogP contribution in [0.25, 0.3) is 6.08 Å². The maximum atomic E-state index is 12.2. The highest BCUT2D eigenvalue weighted by Crippen LogP contribution is 2.13. The first-order valence-electron chi connectivity index (χ1n) is 5.53. The van der Waals surface area contributed by atoms with Crippen molar-refractivity contribution in [2.24, 2.45) is 0 Å². The summed E-state index contributed by atoms with van der Waals surface area (Å²) < 4.78 is 0. The second-order valence-corrected chi connectivity index (χ2v) is 4.19. The molecule has 1 aromatic heterocycles. The van der Waals surface area contributed by atoms with Gasteiger partial charge in [-0.3, -0.25) is 24.8 Å². The van der Waals surface area contributed by atoms with E-state index in [-0.39, 0.29) is 17.2 Å². The van der Waals surface area contributed by atoms with Gasteiger partial charge in [0, 0.05) is 18.9 Å². The lowest BCUT2D eigenvalue weighted by atomic mass is 10.1. The molecule has 0 unspecified atom stereocenters. The first-order valence-corrected chi connectivity index (χ1v) is 5.94. The monoisotopic (exact) mass is 273 g/mol. The highest BCUT2D eigenvalue weighted by molar-refractivity contribution is 7.80. The number of hydrogen-bond donors (Lipinski definition) is 1. The maximum Gasteiger partial charge on any atom is 0.265 e. The van der Waals surface area contributed by atoms with Crippen LogP contribution in [0.3, 0.4) is 0 Å². The molecule has 2 rings (SSSR count). The second-order valence-electron chi connectivity index (χ2n) is 3.80. The maximum absolute atomic E-state index is 12.2. The van der Waals surface area contributed by atoms with E-state index >= 15 is 0 Å². The summed E-state index contributed by atoms with van der Waals surface area (Å²) in [6, 6.07) is 3.41. The fourth-order valence-electron chi connectivity index (χ4n) is 1.62. The summed E-state index contributed by atoms with van der Waals surface area (Å²) in [5.41, 5.74) is 0.765. The summed E-state index contributed by atoms with van der Waals surface area (Å²) in [6.45, 7) is 3.81. The third kappa shape index (κ3) is 2.74. The molecule has 1 saturated heterocycles. The lowest BCUT2D eigenvalue weighted by Gasteiger charge is -2.27. The van der Waals surface area contributed by atoms with Gasteiger partial charge in [-0.15, -0.1) is 6.58 Å². The van der Waals surface area contributed by atoms with Crippen molar-refractivity contribution < 1.29 is 9.59 Å². The van der Waals surface area contributed by atoms with Crippen molar-refractivity contribution in [3.8, 4) is 0 Å². The van der Waals surface area contributed by atoms with Crippen LogP contribution in [-0.4, -0.2) is 33.4 Å². The Balaban J connectivity index is 2.36. The summed E-state index contributed by atoms with van der Waals surface area (Å²) in [5, 5.41) is 2.58. The molecule has 0 atom stereocenters. The molecule has 1 N–H and O–H groups in total. The quantitative estimate of drug-likeness (QED) is 0.384. The van der Waals surface area contributed by atoms with Crippen molar-refractivity contribution in [3.63, 3.8) is 0 Å². The van der Waals surface area contributed by atoms with Gasteiger partial charge in [0.15, 0.2) is 5.11 Å². The molecule has 6 heteroatoms. The van der Waals surface area contributed by atoms with Gasteiger partial charge in [-0.2, -0.15) is 0 Å². The molecule has 0 radical (unpaired) electrons. The molecule has 0 bridgehead atoms. The number of aromatic nitrogens is 1. The van der Waals surface area contributed by atoms with Crippen molar-refractivity contribution >= 4 is 35.2 Å². The van der Waals surface area contributed by atoms with E-state index in [2.05, 4.69) is 16.9 Å². The average molecular weight is 273 g/mol. The average Bonchev–Trinajstić information content (AvgIpc) is 2.41. The zero-order chi connectivity index (χ0) is 13.8. The van der Waals surface area contributed by atoms with Crippen molar-refractivity contribution in [3.05, 3.63) is 48.3 Å². The summed E-state index contributed by atoms with van der Waals surface area (Å²) in [4.78, 5) is 29.2. The molecule has 2 amide bonds. The Bertz CT molecular complexity index is 581. The largest absolute Gasteiger partial charge is 0.298 e. The Labute approximate surface area is 115 Å². The van der Waals surface area contributed by atoms with Crippen molar-refractivity contribution in [2.45, 2.75) is 0 Å². The minimum absolute atomic E-state index is 0.0432. The number of thiocarbonyl (C=S) groups is 1. The first kappa shape index (κ1) is 13.1. The lowest BCUT2D eigenvalue weighted by molar-refractivity contribution is -0.128. The fourth-order valence-corrected chi connectivity index (χ4v) is 1.87. The van der Waals surface area contributed by atoms with Crippen molar-refractivity contribution in [1.82, 2.24) is 15.2 Å². The van der Waals surface area contributed by atoms with Gasteiger partial charge in [0.25, 0.3) is 11.8 Å². The van der Waals surface area contributed by atoms with Gasteiger partial charge in [0.1, 0.15) is 5.57 Å². The van der Waals surface area contributed by atoms with E-state index in [4.69, 9.17) is 12.2 Å². The van der Waals surface area contributed by atoms with Crippen molar-refractivity contribution in [2.75, 3.05) is 6.54 Å². The number of pyridine rings is 1. The normalized spacial score (nSPS) is 17.6. The van der Waals surface area contributed by atoms with Gasteiger partial charge in [-0.1, -0.05) is 6.08 Å². The number of nitrogens with zero attached hydrogens (tertiary/aromatic N) is 2. The van der Waals surface area contributed by atoms with Crippen LogP contribution in [0.1, 0.15) is 5.56 Å². The fraction of sp³-hybridized carbons (Fsp3) is 0.0769. The third-order valence-corrected chi connectivity index (χ3v) is 2.84. The highest BCUT2D eigenvalue weighted by Gasteiger charge is 2.32. The van der Waals surface area contributed by atoms with E-state index in [1.807, 2.05) is 0 Å². The van der Waals surface area contributed by atoms with Crippen LogP contribution in [0.15, 0.2) is 42.8 Å². The van der Waals surface area contributed by atoms with Gasteiger partial charge >= 0.3 is 0 Å². The van der Waals surface area contributed by atoms with Crippen LogP contribution < -0.4 is 5.32 Å². The molecule has 0 saturated carbocycles. The first-order chi connectivity index (χ1) is 9.13. The molecule has 5 nitrogen and oxygen atoms in total. The smallest absolute Gasteiger partial charge is 0.265 e. The highest BCUT2D eigenvalue weighted by atomic mass is 32.1. The summed E-state index contributed by atoms with van der Waals surface area (Å²) in [7, 11) is 0. The van der Waals surface area contributed by atoms with E-state index in [1.165, 1.54) is 11.0 Å². The molecule has 2 heterocycles. The van der Waals surface area contributed by atoms with E-state index < -0.39 is 11.8 Å². The van der Waals surface area contributed by atoms with Gasteiger partial charge in [-0.05, 0) is 36.0 Å². The minimum Gasteiger partial charge on any atom is -0.298 e. The van der Waals surface area contributed by atoms with E-state index in [1.54, 1.807) is 30.6 Å². The van der Waals surface area contributed by atoms with Gasteiger partial charge in [0.05, 0.1) is 0 Å². The second kappa shape index (κ2) is 5.53. The Kier molecular flexibility index (Phi) is 3.82. The lowest BCUT2D eigenvalue weighted by Crippen LogP contribution is -2.53.